The number of carbonyl (C=O) groups is 2. The van der Waals surface area contributed by atoms with Crippen LogP contribution in [-0.4, -0.2) is 24.9 Å². The first-order valence-corrected chi connectivity index (χ1v) is 6.52. The van der Waals surface area contributed by atoms with Gasteiger partial charge in [0.2, 0.25) is 11.8 Å². The molecule has 0 aromatic carbocycles. The van der Waals surface area contributed by atoms with E-state index in [2.05, 4.69) is 26.1 Å². The number of unbranched alkanes of at least 4 members (excludes halogenated alkanes) is 1. The summed E-state index contributed by atoms with van der Waals surface area (Å²) in [6.45, 7) is 7.22. The molecule has 1 unspecified atom stereocenters. The first-order chi connectivity index (χ1) is 8.26. The van der Waals surface area contributed by atoms with Gasteiger partial charge in [0.1, 0.15) is 0 Å². The highest BCUT2D eigenvalue weighted by molar-refractivity contribution is 5.78. The van der Waals surface area contributed by atoms with E-state index in [0.717, 1.165) is 12.8 Å². The van der Waals surface area contributed by atoms with Gasteiger partial charge in [-0.25, -0.2) is 0 Å². The van der Waals surface area contributed by atoms with Gasteiger partial charge in [-0.05, 0) is 24.7 Å². The van der Waals surface area contributed by atoms with Crippen molar-refractivity contribution in [1.82, 2.24) is 5.32 Å². The Morgan fingerprint density at radius 2 is 1.83 bits per heavy atom. The van der Waals surface area contributed by atoms with E-state index >= 15 is 0 Å². The minimum atomic E-state index is -0.297. The lowest BCUT2D eigenvalue weighted by molar-refractivity contribution is -0.125. The summed E-state index contributed by atoms with van der Waals surface area (Å²) in [7, 11) is 0. The van der Waals surface area contributed by atoms with Gasteiger partial charge >= 0.3 is 0 Å². The van der Waals surface area contributed by atoms with Crippen molar-refractivity contribution < 1.29 is 9.59 Å². The summed E-state index contributed by atoms with van der Waals surface area (Å²) >= 11 is 0. The number of nitrogens with two attached hydrogens (primary N) is 2. The summed E-state index contributed by atoms with van der Waals surface area (Å²) in [5.74, 6) is -0.429. The van der Waals surface area contributed by atoms with Crippen molar-refractivity contribution in [3.8, 4) is 0 Å². The predicted octanol–water partition coefficient (Wildman–Crippen LogP) is 0.769. The zero-order chi connectivity index (χ0) is 14.2. The van der Waals surface area contributed by atoms with Crippen LogP contribution in [0.4, 0.5) is 0 Å². The Labute approximate surface area is 110 Å². The first-order valence-electron chi connectivity index (χ1n) is 6.52. The van der Waals surface area contributed by atoms with Gasteiger partial charge < -0.3 is 16.8 Å². The Morgan fingerprint density at radius 3 is 2.28 bits per heavy atom. The topological polar surface area (TPSA) is 98.2 Å². The van der Waals surface area contributed by atoms with Crippen LogP contribution in [0, 0.1) is 11.3 Å². The number of hydrogen-bond donors (Lipinski definition) is 3. The van der Waals surface area contributed by atoms with Crippen LogP contribution in [-0.2, 0) is 9.59 Å². The molecule has 0 saturated carbocycles. The van der Waals surface area contributed by atoms with Crippen LogP contribution in [0.2, 0.25) is 0 Å². The zero-order valence-electron chi connectivity index (χ0n) is 11.8. The lowest BCUT2D eigenvalue weighted by Gasteiger charge is -2.24. The number of rotatable bonds is 8. The Balaban J connectivity index is 3.88. The Kier molecular flexibility index (Phi) is 7.59. The predicted molar refractivity (Wildman–Crippen MR) is 72.7 cm³/mol. The minimum absolute atomic E-state index is 0.00602. The minimum Gasteiger partial charge on any atom is -0.370 e. The van der Waals surface area contributed by atoms with E-state index in [1.807, 2.05) is 0 Å². The molecule has 0 aromatic rings. The van der Waals surface area contributed by atoms with Crippen LogP contribution in [0.3, 0.4) is 0 Å². The third kappa shape index (κ3) is 8.98. The van der Waals surface area contributed by atoms with Gasteiger partial charge in [0.25, 0.3) is 0 Å². The van der Waals surface area contributed by atoms with Gasteiger partial charge in [-0.15, -0.1) is 0 Å². The van der Waals surface area contributed by atoms with E-state index in [1.54, 1.807) is 0 Å². The SMILES string of the molecule is CC(C)(C)CC(CN)C(=O)NCCCCC(N)=O. The average molecular weight is 257 g/mol. The molecule has 0 spiro atoms. The van der Waals surface area contributed by atoms with Crippen molar-refractivity contribution >= 4 is 11.8 Å². The summed E-state index contributed by atoms with van der Waals surface area (Å²) in [4.78, 5) is 22.4. The summed E-state index contributed by atoms with van der Waals surface area (Å²) in [5.41, 5.74) is 10.8. The molecule has 0 radical (unpaired) electrons. The third-order valence-electron chi connectivity index (χ3n) is 2.66. The van der Waals surface area contributed by atoms with Crippen molar-refractivity contribution in [3.63, 3.8) is 0 Å². The van der Waals surface area contributed by atoms with Crippen LogP contribution < -0.4 is 16.8 Å². The fraction of sp³-hybridized carbons (Fsp3) is 0.846. The summed E-state index contributed by atoms with van der Waals surface area (Å²) in [5, 5.41) is 2.86. The maximum Gasteiger partial charge on any atom is 0.224 e. The van der Waals surface area contributed by atoms with Crippen LogP contribution in [0.15, 0.2) is 0 Å². The fourth-order valence-corrected chi connectivity index (χ4v) is 1.80. The number of primary amides is 1. The quantitative estimate of drug-likeness (QED) is 0.560. The molecular weight excluding hydrogens is 230 g/mol. The van der Waals surface area contributed by atoms with E-state index in [-0.39, 0.29) is 23.1 Å². The maximum atomic E-state index is 11.9. The number of hydrogen-bond acceptors (Lipinski definition) is 3. The van der Waals surface area contributed by atoms with Gasteiger partial charge in [0.05, 0.1) is 5.92 Å². The molecule has 5 heteroatoms. The number of carbonyl (C=O) groups excluding carboxylic acids is 2. The second-order valence-corrected chi connectivity index (χ2v) is 5.91. The molecule has 0 aliphatic carbocycles. The van der Waals surface area contributed by atoms with Crippen LogP contribution in [0.5, 0.6) is 0 Å². The Morgan fingerprint density at radius 1 is 1.22 bits per heavy atom. The normalized spacial score (nSPS) is 13.1. The molecule has 0 fully saturated rings. The maximum absolute atomic E-state index is 11.9. The molecule has 0 heterocycles. The average Bonchev–Trinajstić information content (AvgIpc) is 2.23. The van der Waals surface area contributed by atoms with Crippen LogP contribution in [0.25, 0.3) is 0 Å². The molecule has 2 amide bonds. The molecule has 0 rings (SSSR count). The van der Waals surface area contributed by atoms with E-state index in [9.17, 15) is 9.59 Å². The summed E-state index contributed by atoms with van der Waals surface area (Å²) in [6, 6.07) is 0. The summed E-state index contributed by atoms with van der Waals surface area (Å²) in [6.07, 6.45) is 2.62. The monoisotopic (exact) mass is 257 g/mol. The van der Waals surface area contributed by atoms with Crippen molar-refractivity contribution in [2.45, 2.75) is 46.5 Å². The van der Waals surface area contributed by atoms with Gasteiger partial charge in [-0.2, -0.15) is 0 Å². The second-order valence-electron chi connectivity index (χ2n) is 5.91. The first kappa shape index (κ1) is 16.9. The molecule has 0 saturated heterocycles. The highest BCUT2D eigenvalue weighted by Gasteiger charge is 2.23. The van der Waals surface area contributed by atoms with Crippen molar-refractivity contribution in [2.75, 3.05) is 13.1 Å². The molecule has 0 aliphatic rings. The van der Waals surface area contributed by atoms with Gasteiger partial charge in [0.15, 0.2) is 0 Å². The second kappa shape index (κ2) is 8.08. The van der Waals surface area contributed by atoms with E-state index < -0.39 is 0 Å². The van der Waals surface area contributed by atoms with E-state index in [0.29, 0.717) is 25.9 Å². The van der Waals surface area contributed by atoms with Gasteiger partial charge in [0, 0.05) is 19.5 Å². The summed E-state index contributed by atoms with van der Waals surface area (Å²) < 4.78 is 0. The molecule has 1 atom stereocenters. The molecule has 0 aliphatic heterocycles. The van der Waals surface area contributed by atoms with Crippen molar-refractivity contribution in [3.05, 3.63) is 0 Å². The molecule has 0 bridgehead atoms. The Hall–Kier alpha value is -1.10. The lowest BCUT2D eigenvalue weighted by atomic mass is 9.84. The Bertz CT molecular complexity index is 272. The van der Waals surface area contributed by atoms with Crippen LogP contribution >= 0.6 is 0 Å². The van der Waals surface area contributed by atoms with E-state index in [4.69, 9.17) is 11.5 Å². The molecule has 18 heavy (non-hydrogen) atoms. The highest BCUT2D eigenvalue weighted by Crippen LogP contribution is 2.23. The van der Waals surface area contributed by atoms with Crippen molar-refractivity contribution in [1.29, 1.82) is 0 Å². The van der Waals surface area contributed by atoms with Gasteiger partial charge in [-0.1, -0.05) is 20.8 Å². The molecular formula is C13H27N3O2. The fourth-order valence-electron chi connectivity index (χ4n) is 1.80. The van der Waals surface area contributed by atoms with E-state index in [1.165, 1.54) is 0 Å². The standard InChI is InChI=1S/C13H27N3O2/c1-13(2,3)8-10(9-14)12(18)16-7-5-4-6-11(15)17/h10H,4-9,14H2,1-3H3,(H2,15,17)(H,16,18). The molecule has 0 aromatic heterocycles. The zero-order valence-corrected chi connectivity index (χ0v) is 11.8. The smallest absolute Gasteiger partial charge is 0.224 e. The van der Waals surface area contributed by atoms with Gasteiger partial charge in [-0.3, -0.25) is 9.59 Å². The third-order valence-corrected chi connectivity index (χ3v) is 2.66. The van der Waals surface area contributed by atoms with Crippen LogP contribution in [0.1, 0.15) is 46.5 Å². The lowest BCUT2D eigenvalue weighted by Crippen LogP contribution is -2.37. The number of nitrogens with one attached hydrogen (secondary N) is 1. The molecule has 106 valence electrons. The highest BCUT2D eigenvalue weighted by atomic mass is 16.2. The number of amides is 2. The van der Waals surface area contributed by atoms with Crippen molar-refractivity contribution in [2.24, 2.45) is 22.8 Å². The molecule has 5 N–H and O–H groups in total. The largest absolute Gasteiger partial charge is 0.370 e. The molecule has 5 nitrogen and oxygen atoms in total.